The lowest BCUT2D eigenvalue weighted by molar-refractivity contribution is -0.123. The lowest BCUT2D eigenvalue weighted by Crippen LogP contribution is -2.40. The molecule has 10 N–H and O–H groups in total. The first-order chi connectivity index (χ1) is 23.4. The minimum Gasteiger partial charge on any atom is -0.351 e. The van der Waals surface area contributed by atoms with Crippen LogP contribution in [-0.4, -0.2) is 37.0 Å². The van der Waals surface area contributed by atoms with Gasteiger partial charge in [0.15, 0.2) is 0 Å². The molecule has 0 heterocycles. The first-order valence-electron chi connectivity index (χ1n) is 16.9. The summed E-state index contributed by atoms with van der Waals surface area (Å²) in [6, 6.07) is 36.3. The molecule has 0 bridgehead atoms. The molecule has 2 atom stereocenters. The van der Waals surface area contributed by atoms with Gasteiger partial charge in [0, 0.05) is 13.1 Å². The van der Waals surface area contributed by atoms with E-state index in [0.29, 0.717) is 39.0 Å². The largest absolute Gasteiger partial charge is 0.351 e. The van der Waals surface area contributed by atoms with Crippen molar-refractivity contribution in [3.63, 3.8) is 0 Å². The Hall–Kier alpha value is -4.60. The third-order valence-electron chi connectivity index (χ3n) is 8.41. The van der Waals surface area contributed by atoms with Crippen LogP contribution in [0.1, 0.15) is 71.9 Å². The maximum absolute atomic E-state index is 12.5. The molecule has 0 radical (unpaired) electrons. The SMILES string of the molecule is NCCCC[C@H](N)C(=O)NCc1ccc(/C(=C(\c2ccccc2)c2ccc(CNC(=O)[C@@H](N)CCCCN)cc2)c2ccccc2)cc1. The smallest absolute Gasteiger partial charge is 0.237 e. The summed E-state index contributed by atoms with van der Waals surface area (Å²) in [5, 5.41) is 5.95. The third-order valence-corrected chi connectivity index (χ3v) is 8.41. The molecule has 0 aromatic heterocycles. The Bertz CT molecular complexity index is 1470. The molecule has 0 aliphatic rings. The van der Waals surface area contributed by atoms with Crippen molar-refractivity contribution in [2.24, 2.45) is 22.9 Å². The molecule has 252 valence electrons. The van der Waals surface area contributed by atoms with Crippen molar-refractivity contribution in [1.29, 1.82) is 0 Å². The Balaban J connectivity index is 1.61. The molecule has 0 saturated heterocycles. The van der Waals surface area contributed by atoms with Crippen LogP contribution in [0.25, 0.3) is 11.1 Å². The molecule has 0 fully saturated rings. The van der Waals surface area contributed by atoms with Gasteiger partial charge in [0.05, 0.1) is 12.1 Å². The van der Waals surface area contributed by atoms with E-state index < -0.39 is 12.1 Å². The Kier molecular flexibility index (Phi) is 14.6. The fourth-order valence-corrected chi connectivity index (χ4v) is 5.62. The molecule has 48 heavy (non-hydrogen) atoms. The van der Waals surface area contributed by atoms with Gasteiger partial charge in [-0.15, -0.1) is 0 Å². The van der Waals surface area contributed by atoms with Crippen LogP contribution < -0.4 is 33.6 Å². The van der Waals surface area contributed by atoms with Gasteiger partial charge in [-0.1, -0.05) is 122 Å². The van der Waals surface area contributed by atoms with Gasteiger partial charge in [-0.2, -0.15) is 0 Å². The number of hydrogen-bond acceptors (Lipinski definition) is 6. The van der Waals surface area contributed by atoms with E-state index in [9.17, 15) is 9.59 Å². The summed E-state index contributed by atoms with van der Waals surface area (Å²) in [6.07, 6.45) is 4.63. The molecule has 8 nitrogen and oxygen atoms in total. The van der Waals surface area contributed by atoms with E-state index in [-0.39, 0.29) is 11.8 Å². The Labute approximate surface area is 285 Å². The first kappa shape index (κ1) is 36.2. The molecule has 8 heteroatoms. The van der Waals surface area contributed by atoms with E-state index in [4.69, 9.17) is 22.9 Å². The summed E-state index contributed by atoms with van der Waals surface area (Å²) in [7, 11) is 0. The third kappa shape index (κ3) is 10.7. The van der Waals surface area contributed by atoms with E-state index in [1.165, 1.54) is 0 Å². The molecule has 4 aromatic rings. The standard InChI is InChI=1S/C40H50N6O2/c41-25-9-7-15-35(43)39(47)45-27-29-17-21-33(22-18-29)37(31-11-3-1-4-12-31)38(32-13-5-2-6-14-32)34-23-19-30(20-24-34)28-46-40(48)36(44)16-8-10-26-42/h1-6,11-14,17-24,35-36H,7-10,15-16,25-28,41-44H2,(H,45,47)(H,46,48)/b38-37+/t35-,36-/m0/s1. The predicted octanol–water partition coefficient (Wildman–Crippen LogP) is 4.84. The molecule has 4 aromatic carbocycles. The van der Waals surface area contributed by atoms with Gasteiger partial charge in [-0.25, -0.2) is 0 Å². The van der Waals surface area contributed by atoms with Gasteiger partial charge < -0.3 is 33.6 Å². The second-order valence-corrected chi connectivity index (χ2v) is 12.1. The summed E-state index contributed by atoms with van der Waals surface area (Å²) in [4.78, 5) is 25.1. The van der Waals surface area contributed by atoms with Gasteiger partial charge in [0.1, 0.15) is 0 Å². The van der Waals surface area contributed by atoms with E-state index in [0.717, 1.165) is 70.2 Å². The average molecular weight is 647 g/mol. The quantitative estimate of drug-likeness (QED) is 0.0670. The van der Waals surface area contributed by atoms with Gasteiger partial charge in [-0.05, 0) is 83.3 Å². The number of rotatable bonds is 18. The van der Waals surface area contributed by atoms with Crippen molar-refractivity contribution >= 4 is 23.0 Å². The monoisotopic (exact) mass is 646 g/mol. The lowest BCUT2D eigenvalue weighted by atomic mass is 9.85. The van der Waals surface area contributed by atoms with E-state index >= 15 is 0 Å². The highest BCUT2D eigenvalue weighted by molar-refractivity contribution is 6.04. The second kappa shape index (κ2) is 19.3. The molecule has 0 unspecified atom stereocenters. The molecule has 0 aliphatic heterocycles. The van der Waals surface area contributed by atoms with Gasteiger partial charge in [-0.3, -0.25) is 9.59 Å². The van der Waals surface area contributed by atoms with E-state index in [1.807, 2.05) is 60.7 Å². The van der Waals surface area contributed by atoms with Crippen molar-refractivity contribution in [3.8, 4) is 0 Å². The second-order valence-electron chi connectivity index (χ2n) is 12.1. The zero-order valence-corrected chi connectivity index (χ0v) is 27.7. The number of nitrogens with one attached hydrogen (secondary N) is 2. The molecule has 0 saturated carbocycles. The van der Waals surface area contributed by atoms with Crippen LogP contribution in [0.3, 0.4) is 0 Å². The molecule has 4 rings (SSSR count). The topological polar surface area (TPSA) is 162 Å². The average Bonchev–Trinajstić information content (AvgIpc) is 3.13. The number of benzene rings is 4. The first-order valence-corrected chi connectivity index (χ1v) is 16.9. The van der Waals surface area contributed by atoms with Crippen LogP contribution in [-0.2, 0) is 22.7 Å². The highest BCUT2D eigenvalue weighted by Gasteiger charge is 2.18. The van der Waals surface area contributed by atoms with Crippen LogP contribution in [0.5, 0.6) is 0 Å². The molecule has 0 aliphatic carbocycles. The number of carbonyl (C=O) groups is 2. The summed E-state index contributed by atoms with van der Waals surface area (Å²) >= 11 is 0. The van der Waals surface area contributed by atoms with Crippen molar-refractivity contribution in [2.45, 2.75) is 63.7 Å². The number of nitrogens with two attached hydrogens (primary N) is 4. The normalized spacial score (nSPS) is 12.9. The van der Waals surface area contributed by atoms with Crippen molar-refractivity contribution < 1.29 is 9.59 Å². The Morgan fingerprint density at radius 3 is 1.15 bits per heavy atom. The highest BCUT2D eigenvalue weighted by atomic mass is 16.2. The molecule has 0 spiro atoms. The van der Waals surface area contributed by atoms with Crippen molar-refractivity contribution in [1.82, 2.24) is 10.6 Å². The fourth-order valence-electron chi connectivity index (χ4n) is 5.62. The van der Waals surface area contributed by atoms with E-state index in [2.05, 4.69) is 59.2 Å². The zero-order chi connectivity index (χ0) is 34.1. The summed E-state index contributed by atoms with van der Waals surface area (Å²) in [5.41, 5.74) is 31.7. The highest BCUT2D eigenvalue weighted by Crippen LogP contribution is 2.37. The minimum absolute atomic E-state index is 0.152. The van der Waals surface area contributed by atoms with Crippen molar-refractivity contribution in [3.05, 3.63) is 143 Å². The van der Waals surface area contributed by atoms with Gasteiger partial charge >= 0.3 is 0 Å². The van der Waals surface area contributed by atoms with Crippen molar-refractivity contribution in [2.75, 3.05) is 13.1 Å². The minimum atomic E-state index is -0.538. The Morgan fingerprint density at radius 2 is 0.812 bits per heavy atom. The lowest BCUT2D eigenvalue weighted by Gasteiger charge is -2.19. The van der Waals surface area contributed by atoms with Gasteiger partial charge in [0.2, 0.25) is 11.8 Å². The maximum atomic E-state index is 12.5. The Morgan fingerprint density at radius 1 is 0.479 bits per heavy atom. The summed E-state index contributed by atoms with van der Waals surface area (Å²) < 4.78 is 0. The summed E-state index contributed by atoms with van der Waals surface area (Å²) in [5.74, 6) is -0.304. The molecular weight excluding hydrogens is 596 g/mol. The number of carbonyl (C=O) groups excluding carboxylic acids is 2. The van der Waals surface area contributed by atoms with Crippen LogP contribution in [0.4, 0.5) is 0 Å². The zero-order valence-electron chi connectivity index (χ0n) is 27.7. The number of amides is 2. The van der Waals surface area contributed by atoms with Crippen LogP contribution >= 0.6 is 0 Å². The predicted molar refractivity (Wildman–Crippen MR) is 196 cm³/mol. The van der Waals surface area contributed by atoms with E-state index in [1.54, 1.807) is 0 Å². The van der Waals surface area contributed by atoms with Crippen LogP contribution in [0.15, 0.2) is 109 Å². The number of hydrogen-bond donors (Lipinski definition) is 6. The van der Waals surface area contributed by atoms with Gasteiger partial charge in [0.25, 0.3) is 0 Å². The van der Waals surface area contributed by atoms with Crippen LogP contribution in [0, 0.1) is 0 Å². The maximum Gasteiger partial charge on any atom is 0.237 e. The van der Waals surface area contributed by atoms with Crippen LogP contribution in [0.2, 0.25) is 0 Å². The number of unbranched alkanes of at least 4 members (excludes halogenated alkanes) is 2. The molecule has 2 amide bonds. The summed E-state index contributed by atoms with van der Waals surface area (Å²) in [6.45, 7) is 2.00. The molecular formula is C40H50N6O2. The fraction of sp³-hybridized carbons (Fsp3) is 0.300.